The van der Waals surface area contributed by atoms with Gasteiger partial charge in [0.15, 0.2) is 6.10 Å². The third-order valence-electron chi connectivity index (χ3n) is 9.03. The molecule has 0 spiro atoms. The van der Waals surface area contributed by atoms with Gasteiger partial charge in [0.2, 0.25) is 0 Å². The molecule has 0 aromatic carbocycles. The Kier molecular flexibility index (Phi) is 44.7. The highest BCUT2D eigenvalue weighted by Crippen LogP contribution is 2.43. The highest BCUT2D eigenvalue weighted by Gasteiger charge is 2.26. The topological polar surface area (TPSA) is 134 Å². The Balaban J connectivity index is 4.25. The van der Waals surface area contributed by atoms with Crippen LogP contribution in [0.2, 0.25) is 0 Å². The number of nitrogens with two attached hydrogens (primary N) is 1. The molecular weight excluding hydrogens is 810 g/mol. The van der Waals surface area contributed by atoms with Crippen LogP contribution in [-0.2, 0) is 32.7 Å². The van der Waals surface area contributed by atoms with Crippen LogP contribution in [0.25, 0.3) is 0 Å². The molecule has 0 saturated carbocycles. The number of unbranched alkanes of at least 4 members (excludes halogenated alkanes) is 7. The summed E-state index contributed by atoms with van der Waals surface area (Å²) in [7, 11) is -4.41. The van der Waals surface area contributed by atoms with E-state index in [4.69, 9.17) is 24.3 Å². The van der Waals surface area contributed by atoms with E-state index in [1.165, 1.54) is 0 Å². The monoisotopic (exact) mass is 894 g/mol. The summed E-state index contributed by atoms with van der Waals surface area (Å²) in [6.07, 6.45) is 66.3. The van der Waals surface area contributed by atoms with E-state index in [0.29, 0.717) is 12.8 Å². The van der Waals surface area contributed by atoms with Crippen LogP contribution in [0.5, 0.6) is 0 Å². The molecule has 0 aliphatic carbocycles. The van der Waals surface area contributed by atoms with Crippen molar-refractivity contribution in [3.8, 4) is 0 Å². The van der Waals surface area contributed by atoms with Gasteiger partial charge in [-0.3, -0.25) is 18.6 Å². The van der Waals surface area contributed by atoms with Crippen molar-refractivity contribution in [2.45, 2.75) is 161 Å². The summed E-state index contributed by atoms with van der Waals surface area (Å²) in [5, 5.41) is 0. The van der Waals surface area contributed by atoms with Crippen LogP contribution in [0.1, 0.15) is 155 Å². The largest absolute Gasteiger partial charge is 0.472 e. The first-order chi connectivity index (χ1) is 30.8. The molecule has 2 atom stereocenters. The number of carbonyl (C=O) groups excluding carboxylic acids is 2. The zero-order chi connectivity index (χ0) is 46.0. The maximum atomic E-state index is 12.6. The molecule has 63 heavy (non-hydrogen) atoms. The molecule has 0 heterocycles. The van der Waals surface area contributed by atoms with Crippen LogP contribution in [0, 0.1) is 0 Å². The Bertz CT molecular complexity index is 1480. The number of phosphoric acid groups is 1. The molecule has 3 N–H and O–H groups in total. The number of carbonyl (C=O) groups is 2. The molecule has 0 aliphatic rings. The second kappa shape index (κ2) is 47.6. The van der Waals surface area contributed by atoms with Gasteiger partial charge in [0.25, 0.3) is 0 Å². The molecule has 0 saturated heterocycles. The molecule has 2 unspecified atom stereocenters. The van der Waals surface area contributed by atoms with Crippen LogP contribution in [-0.4, -0.2) is 49.3 Å². The maximum Gasteiger partial charge on any atom is 0.472 e. The highest BCUT2D eigenvalue weighted by molar-refractivity contribution is 7.47. The van der Waals surface area contributed by atoms with Crippen molar-refractivity contribution in [3.63, 3.8) is 0 Å². The molecule has 10 heteroatoms. The van der Waals surface area contributed by atoms with Crippen LogP contribution in [0.3, 0.4) is 0 Å². The molecule has 0 aromatic rings. The van der Waals surface area contributed by atoms with Gasteiger partial charge in [-0.15, -0.1) is 0 Å². The summed E-state index contributed by atoms with van der Waals surface area (Å²) < 4.78 is 32.8. The van der Waals surface area contributed by atoms with Gasteiger partial charge in [-0.1, -0.05) is 167 Å². The second-order valence-electron chi connectivity index (χ2n) is 14.9. The normalized spacial score (nSPS) is 14.4. The fourth-order valence-electron chi connectivity index (χ4n) is 5.60. The van der Waals surface area contributed by atoms with E-state index < -0.39 is 32.5 Å². The molecule has 0 aliphatic heterocycles. The van der Waals surface area contributed by atoms with Crippen LogP contribution in [0.4, 0.5) is 0 Å². The van der Waals surface area contributed by atoms with Gasteiger partial charge in [-0.2, -0.15) is 0 Å². The summed E-state index contributed by atoms with van der Waals surface area (Å²) in [5.74, 6) is -0.915. The van der Waals surface area contributed by atoms with Gasteiger partial charge in [0.05, 0.1) is 13.2 Å². The van der Waals surface area contributed by atoms with Crippen molar-refractivity contribution in [1.82, 2.24) is 0 Å². The van der Waals surface area contributed by atoms with E-state index in [2.05, 4.69) is 148 Å². The summed E-state index contributed by atoms with van der Waals surface area (Å²) in [6, 6.07) is 0. The Morgan fingerprint density at radius 1 is 0.476 bits per heavy atom. The van der Waals surface area contributed by atoms with E-state index in [0.717, 1.165) is 116 Å². The van der Waals surface area contributed by atoms with Crippen molar-refractivity contribution in [2.75, 3.05) is 26.4 Å². The number of hydrogen-bond donors (Lipinski definition) is 2. The maximum absolute atomic E-state index is 12.6. The summed E-state index contributed by atoms with van der Waals surface area (Å²) in [4.78, 5) is 34.9. The Morgan fingerprint density at radius 2 is 0.825 bits per heavy atom. The minimum atomic E-state index is -4.41. The fourth-order valence-corrected chi connectivity index (χ4v) is 6.37. The zero-order valence-corrected chi connectivity index (χ0v) is 39.9. The van der Waals surface area contributed by atoms with Crippen LogP contribution >= 0.6 is 7.82 Å². The van der Waals surface area contributed by atoms with Crippen molar-refractivity contribution in [2.24, 2.45) is 5.73 Å². The van der Waals surface area contributed by atoms with Crippen molar-refractivity contribution >= 4 is 19.8 Å². The minimum absolute atomic E-state index is 0.0351. The standard InChI is InChI=1S/C53H84NO8P/c1-3-5-7-9-11-13-15-17-19-20-21-22-23-24-25-26-27-28-29-30-32-34-36-38-40-42-44-46-53(56)62-51(50-61-63(57,58)60-48-47-54)49-59-52(55)45-43-41-39-37-35-33-31-18-16-14-12-10-8-6-4-2/h5-8,11-14,17-19,21-22,24-25,27-28,30-32,36,38,51H,3-4,9-10,15-16,20,23,26,29,33-35,37,39-50,54H2,1-2H3,(H,57,58)/b7-5-,8-6-,13-11-,14-12-,19-17-,22-21-,25-24-,28-27-,31-18-,32-30-,38-36-. The molecule has 0 aromatic heterocycles. The summed E-state index contributed by atoms with van der Waals surface area (Å²) >= 11 is 0. The highest BCUT2D eigenvalue weighted by atomic mass is 31.2. The Morgan fingerprint density at radius 3 is 1.25 bits per heavy atom. The van der Waals surface area contributed by atoms with Gasteiger partial charge in [-0.25, -0.2) is 4.57 Å². The third-order valence-corrected chi connectivity index (χ3v) is 10.0. The lowest BCUT2D eigenvalue weighted by molar-refractivity contribution is -0.161. The van der Waals surface area contributed by atoms with Gasteiger partial charge in [0.1, 0.15) is 6.61 Å². The van der Waals surface area contributed by atoms with Crippen molar-refractivity contribution in [1.29, 1.82) is 0 Å². The predicted molar refractivity (Wildman–Crippen MR) is 265 cm³/mol. The SMILES string of the molecule is CC/C=C\C/C=C\C/C=C\C/C=C\C/C=C\C/C=C\C/C=C\C/C=C\CCCCC(=O)OC(COC(=O)CCCCCCC/C=C\C/C=C\C/C=C\CC)COP(=O)(O)OCCN. The number of phosphoric ester groups is 1. The fraction of sp³-hybridized carbons (Fsp3) is 0.547. The number of allylic oxidation sites excluding steroid dienone is 22. The first-order valence-corrected chi connectivity index (χ1v) is 25.2. The lowest BCUT2D eigenvalue weighted by Gasteiger charge is -2.19. The second-order valence-corrected chi connectivity index (χ2v) is 16.3. The van der Waals surface area contributed by atoms with E-state index in [1.807, 2.05) is 0 Å². The minimum Gasteiger partial charge on any atom is -0.462 e. The molecule has 0 rings (SSSR count). The van der Waals surface area contributed by atoms with Crippen LogP contribution < -0.4 is 5.73 Å². The molecule has 0 bridgehead atoms. The predicted octanol–water partition coefficient (Wildman–Crippen LogP) is 14.3. The lowest BCUT2D eigenvalue weighted by atomic mass is 10.1. The van der Waals surface area contributed by atoms with E-state index in [-0.39, 0.29) is 32.6 Å². The number of rotatable bonds is 42. The third kappa shape index (κ3) is 47.5. The van der Waals surface area contributed by atoms with E-state index in [1.54, 1.807) is 0 Å². The first-order valence-electron chi connectivity index (χ1n) is 23.7. The number of esters is 2. The average molecular weight is 894 g/mol. The molecule has 9 nitrogen and oxygen atoms in total. The van der Waals surface area contributed by atoms with E-state index >= 15 is 0 Å². The summed E-state index contributed by atoms with van der Waals surface area (Å²) in [5.41, 5.74) is 5.35. The first kappa shape index (κ1) is 59.1. The Labute approximate surface area is 383 Å². The number of ether oxygens (including phenoxy) is 2. The van der Waals surface area contributed by atoms with Gasteiger partial charge in [0, 0.05) is 19.4 Å². The van der Waals surface area contributed by atoms with Crippen molar-refractivity contribution in [3.05, 3.63) is 134 Å². The van der Waals surface area contributed by atoms with E-state index in [9.17, 15) is 19.0 Å². The van der Waals surface area contributed by atoms with Crippen molar-refractivity contribution < 1.29 is 37.6 Å². The van der Waals surface area contributed by atoms with Crippen LogP contribution in [0.15, 0.2) is 134 Å². The molecule has 0 fully saturated rings. The lowest BCUT2D eigenvalue weighted by Crippen LogP contribution is -2.29. The smallest absolute Gasteiger partial charge is 0.462 e. The molecule has 0 amide bonds. The molecular formula is C53H84NO8P. The van der Waals surface area contributed by atoms with Gasteiger partial charge in [-0.05, 0) is 109 Å². The van der Waals surface area contributed by atoms with Gasteiger partial charge < -0.3 is 20.1 Å². The Hall–Kier alpha value is -3.85. The summed E-state index contributed by atoms with van der Waals surface area (Å²) in [6.45, 7) is 3.40. The zero-order valence-electron chi connectivity index (χ0n) is 39.0. The number of hydrogen-bond acceptors (Lipinski definition) is 8. The molecule has 354 valence electrons. The molecule has 0 radical (unpaired) electrons. The average Bonchev–Trinajstić information content (AvgIpc) is 3.27. The quantitative estimate of drug-likeness (QED) is 0.0266. The van der Waals surface area contributed by atoms with Gasteiger partial charge >= 0.3 is 19.8 Å².